The molecule has 1 aliphatic rings. The summed E-state index contributed by atoms with van der Waals surface area (Å²) in [6.07, 6.45) is 1.55. The van der Waals surface area contributed by atoms with Crippen LogP contribution in [-0.2, 0) is 20.1 Å². The maximum atomic E-state index is 13.1. The van der Waals surface area contributed by atoms with Gasteiger partial charge in [-0.3, -0.25) is 13.9 Å². The number of allylic oxidation sites excluding steroid dienone is 1. The van der Waals surface area contributed by atoms with E-state index >= 15 is 0 Å². The molecule has 0 aliphatic carbocycles. The summed E-state index contributed by atoms with van der Waals surface area (Å²) in [5.41, 5.74) is 2.00. The maximum absolute atomic E-state index is 13.1. The molecule has 1 aromatic carbocycles. The highest BCUT2D eigenvalue weighted by atomic mass is 35.5. The van der Waals surface area contributed by atoms with Crippen molar-refractivity contribution < 1.29 is 0 Å². The van der Waals surface area contributed by atoms with Crippen LogP contribution in [0.15, 0.2) is 40.4 Å². The van der Waals surface area contributed by atoms with E-state index in [1.54, 1.807) is 13.1 Å². The number of rotatable bonds is 3. The lowest BCUT2D eigenvalue weighted by Gasteiger charge is -2.34. The van der Waals surface area contributed by atoms with Crippen LogP contribution in [0.3, 0.4) is 0 Å². The molecule has 1 unspecified atom stereocenters. The first-order valence-electron chi connectivity index (χ1n) is 9.18. The third kappa shape index (κ3) is 2.61. The standard InChI is InChI=1S/C20H22ClN5O2/c1-5-9-24-18(27)16-17(23(4)20(24)28)22-19-25(10-12(2)11-26(16)19)15-8-6-7-14(21)13(15)3/h5-8,12H,1,9-11H2,2-4H3. The third-order valence-electron chi connectivity index (χ3n) is 5.28. The van der Waals surface area contributed by atoms with Gasteiger partial charge in [0.2, 0.25) is 5.95 Å². The van der Waals surface area contributed by atoms with Crippen molar-refractivity contribution in [1.29, 1.82) is 0 Å². The molecular weight excluding hydrogens is 378 g/mol. The van der Waals surface area contributed by atoms with Gasteiger partial charge in [0.1, 0.15) is 0 Å². The number of aryl methyl sites for hydroxylation is 1. The normalized spacial score (nSPS) is 16.4. The molecule has 0 radical (unpaired) electrons. The van der Waals surface area contributed by atoms with Crippen molar-refractivity contribution in [2.24, 2.45) is 13.0 Å². The first-order chi connectivity index (χ1) is 13.3. The Kier molecular flexibility index (Phi) is 4.42. The Morgan fingerprint density at radius 1 is 1.32 bits per heavy atom. The number of hydrogen-bond acceptors (Lipinski definition) is 4. The number of aromatic nitrogens is 4. The second-order valence-electron chi connectivity index (χ2n) is 7.34. The van der Waals surface area contributed by atoms with Crippen molar-refractivity contribution in [3.63, 3.8) is 0 Å². The smallest absolute Gasteiger partial charge is 0.311 e. The molecule has 8 heteroatoms. The second kappa shape index (κ2) is 6.67. The Morgan fingerprint density at radius 3 is 2.79 bits per heavy atom. The topological polar surface area (TPSA) is 65.1 Å². The van der Waals surface area contributed by atoms with Gasteiger partial charge in [-0.05, 0) is 30.5 Å². The summed E-state index contributed by atoms with van der Waals surface area (Å²) in [4.78, 5) is 32.5. The van der Waals surface area contributed by atoms with E-state index in [1.807, 2.05) is 29.7 Å². The van der Waals surface area contributed by atoms with Crippen molar-refractivity contribution in [2.75, 3.05) is 11.4 Å². The SMILES string of the molecule is C=CCn1c(=O)c2c(nc3n2CC(C)CN3c2cccc(Cl)c2C)n(C)c1=O. The van der Waals surface area contributed by atoms with Crippen LogP contribution in [-0.4, -0.2) is 25.2 Å². The van der Waals surface area contributed by atoms with Crippen LogP contribution in [0.4, 0.5) is 11.6 Å². The zero-order valence-corrected chi connectivity index (χ0v) is 16.9. The fourth-order valence-electron chi connectivity index (χ4n) is 3.89. The zero-order valence-electron chi connectivity index (χ0n) is 16.1. The Bertz CT molecular complexity index is 1220. The van der Waals surface area contributed by atoms with Gasteiger partial charge in [0, 0.05) is 37.4 Å². The monoisotopic (exact) mass is 399 g/mol. The molecule has 3 heterocycles. The molecule has 0 N–H and O–H groups in total. The third-order valence-corrected chi connectivity index (χ3v) is 5.69. The van der Waals surface area contributed by atoms with E-state index in [0.717, 1.165) is 17.8 Å². The van der Waals surface area contributed by atoms with Gasteiger partial charge in [-0.25, -0.2) is 4.79 Å². The van der Waals surface area contributed by atoms with Crippen LogP contribution in [0.2, 0.25) is 5.02 Å². The Labute approximate surface area is 167 Å². The molecule has 4 rings (SSSR count). The van der Waals surface area contributed by atoms with Crippen LogP contribution < -0.4 is 16.1 Å². The zero-order chi connectivity index (χ0) is 20.2. The predicted molar refractivity (Wildman–Crippen MR) is 112 cm³/mol. The lowest BCUT2D eigenvalue weighted by Crippen LogP contribution is -2.40. The number of anilines is 2. The van der Waals surface area contributed by atoms with E-state index in [1.165, 1.54) is 9.13 Å². The molecule has 0 bridgehead atoms. The number of benzene rings is 1. The summed E-state index contributed by atoms with van der Waals surface area (Å²) in [5.74, 6) is 0.940. The minimum absolute atomic E-state index is 0.161. The van der Waals surface area contributed by atoms with Gasteiger partial charge < -0.3 is 9.47 Å². The molecule has 146 valence electrons. The summed E-state index contributed by atoms with van der Waals surface area (Å²) in [6, 6.07) is 5.76. The summed E-state index contributed by atoms with van der Waals surface area (Å²) in [7, 11) is 1.64. The number of fused-ring (bicyclic) bond motifs is 3. The fourth-order valence-corrected chi connectivity index (χ4v) is 4.06. The van der Waals surface area contributed by atoms with Gasteiger partial charge in [0.15, 0.2) is 11.2 Å². The summed E-state index contributed by atoms with van der Waals surface area (Å²) >= 11 is 6.34. The molecule has 3 aromatic rings. The van der Waals surface area contributed by atoms with E-state index in [4.69, 9.17) is 16.6 Å². The number of halogens is 1. The molecule has 2 aromatic heterocycles. The average Bonchev–Trinajstić information content (AvgIpc) is 3.04. The first kappa shape index (κ1) is 18.6. The Balaban J connectivity index is 2.05. The molecule has 0 fully saturated rings. The minimum Gasteiger partial charge on any atom is -0.311 e. The van der Waals surface area contributed by atoms with Crippen molar-refractivity contribution in [3.05, 3.63) is 62.3 Å². The lowest BCUT2D eigenvalue weighted by molar-refractivity contribution is 0.457. The molecule has 28 heavy (non-hydrogen) atoms. The van der Waals surface area contributed by atoms with E-state index < -0.39 is 5.69 Å². The molecule has 0 saturated carbocycles. The fraction of sp³-hybridized carbons (Fsp3) is 0.350. The molecule has 0 spiro atoms. The van der Waals surface area contributed by atoms with E-state index in [0.29, 0.717) is 28.7 Å². The van der Waals surface area contributed by atoms with Gasteiger partial charge in [-0.2, -0.15) is 4.98 Å². The van der Waals surface area contributed by atoms with E-state index in [9.17, 15) is 9.59 Å². The molecule has 0 amide bonds. The van der Waals surface area contributed by atoms with Crippen LogP contribution in [0.1, 0.15) is 12.5 Å². The van der Waals surface area contributed by atoms with Gasteiger partial charge in [0.25, 0.3) is 5.56 Å². The predicted octanol–water partition coefficient (Wildman–Crippen LogP) is 2.83. The van der Waals surface area contributed by atoms with E-state index in [2.05, 4.69) is 18.4 Å². The van der Waals surface area contributed by atoms with Gasteiger partial charge in [0.05, 0.1) is 0 Å². The molecule has 1 atom stereocenters. The Hall–Kier alpha value is -2.80. The summed E-state index contributed by atoms with van der Waals surface area (Å²) < 4.78 is 4.54. The van der Waals surface area contributed by atoms with Crippen molar-refractivity contribution in [2.45, 2.75) is 26.9 Å². The highest BCUT2D eigenvalue weighted by Gasteiger charge is 2.30. The highest BCUT2D eigenvalue weighted by Crippen LogP contribution is 2.36. The lowest BCUT2D eigenvalue weighted by atomic mass is 10.1. The quantitative estimate of drug-likeness (QED) is 0.635. The van der Waals surface area contributed by atoms with Gasteiger partial charge >= 0.3 is 5.69 Å². The van der Waals surface area contributed by atoms with Crippen LogP contribution in [0.25, 0.3) is 11.2 Å². The highest BCUT2D eigenvalue weighted by molar-refractivity contribution is 6.31. The molecule has 0 saturated heterocycles. The summed E-state index contributed by atoms with van der Waals surface area (Å²) in [6.45, 7) is 9.32. The molecular formula is C20H22ClN5O2. The van der Waals surface area contributed by atoms with Crippen LogP contribution in [0.5, 0.6) is 0 Å². The van der Waals surface area contributed by atoms with Gasteiger partial charge in [-0.1, -0.05) is 30.7 Å². The average molecular weight is 400 g/mol. The minimum atomic E-state index is -0.397. The largest absolute Gasteiger partial charge is 0.332 e. The van der Waals surface area contributed by atoms with Crippen LogP contribution in [0, 0.1) is 12.8 Å². The van der Waals surface area contributed by atoms with Gasteiger partial charge in [-0.15, -0.1) is 6.58 Å². The number of imidazole rings is 1. The van der Waals surface area contributed by atoms with E-state index in [-0.39, 0.29) is 18.0 Å². The number of nitrogens with zero attached hydrogens (tertiary/aromatic N) is 5. The van der Waals surface area contributed by atoms with Crippen molar-refractivity contribution in [3.8, 4) is 0 Å². The first-order valence-corrected chi connectivity index (χ1v) is 9.56. The van der Waals surface area contributed by atoms with Crippen molar-refractivity contribution >= 4 is 34.4 Å². The maximum Gasteiger partial charge on any atom is 0.332 e. The second-order valence-corrected chi connectivity index (χ2v) is 7.75. The number of hydrogen-bond donors (Lipinski definition) is 0. The molecule has 7 nitrogen and oxygen atoms in total. The van der Waals surface area contributed by atoms with Crippen molar-refractivity contribution in [1.82, 2.24) is 18.7 Å². The van der Waals surface area contributed by atoms with Crippen LogP contribution >= 0.6 is 11.6 Å². The summed E-state index contributed by atoms with van der Waals surface area (Å²) in [5, 5.41) is 0.680. The molecule has 1 aliphatic heterocycles. The Morgan fingerprint density at radius 2 is 2.07 bits per heavy atom.